The molecule has 0 aliphatic carbocycles. The number of primary amides is 1. The summed E-state index contributed by atoms with van der Waals surface area (Å²) in [6.07, 6.45) is 1.91. The Balaban J connectivity index is 1.56. The van der Waals surface area contributed by atoms with Gasteiger partial charge in [0.05, 0.1) is 6.04 Å². The number of likely N-dealkylation sites (tertiary alicyclic amines) is 1. The van der Waals surface area contributed by atoms with Gasteiger partial charge in [0, 0.05) is 12.1 Å². The molecule has 1 amide bonds. The second-order valence-corrected chi connectivity index (χ2v) is 5.60. The minimum absolute atomic E-state index is 0.0197. The van der Waals surface area contributed by atoms with Gasteiger partial charge in [-0.2, -0.15) is 4.98 Å². The van der Waals surface area contributed by atoms with Crippen LogP contribution in [0, 0.1) is 0 Å². The first-order valence-electron chi connectivity index (χ1n) is 7.47. The van der Waals surface area contributed by atoms with Crippen LogP contribution in [0.15, 0.2) is 22.7 Å². The Morgan fingerprint density at radius 2 is 2.30 bits per heavy atom. The molecule has 0 saturated carbocycles. The van der Waals surface area contributed by atoms with Crippen LogP contribution in [0.1, 0.15) is 41.0 Å². The van der Waals surface area contributed by atoms with Crippen molar-refractivity contribution < 1.29 is 18.8 Å². The molecule has 1 atom stereocenters. The standard InChI is InChI=1S/C15H16N4O4/c16-13(20)14-17-15(23-18-14)10-4-2-6-19(10)7-9-3-1-5-11-12(9)22-8-21-11/h1,3,5,10H,2,4,6-8H2,(H2,16,20)/t10-/m1/s1. The van der Waals surface area contributed by atoms with E-state index in [0.717, 1.165) is 36.4 Å². The molecule has 23 heavy (non-hydrogen) atoms. The summed E-state index contributed by atoms with van der Waals surface area (Å²) in [6, 6.07) is 5.84. The van der Waals surface area contributed by atoms with Crippen LogP contribution < -0.4 is 15.2 Å². The molecule has 4 rings (SSSR count). The zero-order chi connectivity index (χ0) is 15.8. The lowest BCUT2D eigenvalue weighted by molar-refractivity contribution is 0.0987. The van der Waals surface area contributed by atoms with Crippen molar-refractivity contribution in [2.45, 2.75) is 25.4 Å². The number of carbonyl (C=O) groups is 1. The maximum absolute atomic E-state index is 11.1. The largest absolute Gasteiger partial charge is 0.454 e. The number of ether oxygens (including phenoxy) is 2. The number of para-hydroxylation sites is 1. The van der Waals surface area contributed by atoms with Crippen molar-refractivity contribution in [3.8, 4) is 11.5 Å². The molecule has 120 valence electrons. The Hall–Kier alpha value is -2.61. The monoisotopic (exact) mass is 316 g/mol. The molecule has 2 aliphatic rings. The highest BCUT2D eigenvalue weighted by molar-refractivity contribution is 5.88. The van der Waals surface area contributed by atoms with E-state index in [-0.39, 0.29) is 18.7 Å². The summed E-state index contributed by atoms with van der Waals surface area (Å²) in [4.78, 5) is 17.5. The minimum atomic E-state index is -0.684. The Labute approximate surface area is 132 Å². The van der Waals surface area contributed by atoms with Gasteiger partial charge in [0.1, 0.15) is 0 Å². The molecule has 0 unspecified atom stereocenters. The van der Waals surface area contributed by atoms with E-state index in [2.05, 4.69) is 15.0 Å². The maximum atomic E-state index is 11.1. The van der Waals surface area contributed by atoms with Crippen molar-refractivity contribution in [2.75, 3.05) is 13.3 Å². The minimum Gasteiger partial charge on any atom is -0.454 e. The van der Waals surface area contributed by atoms with Crippen LogP contribution in [-0.2, 0) is 6.54 Å². The number of carbonyl (C=O) groups excluding carboxylic acids is 1. The third-order valence-corrected chi connectivity index (χ3v) is 4.16. The first-order valence-corrected chi connectivity index (χ1v) is 7.47. The molecule has 0 radical (unpaired) electrons. The molecule has 1 saturated heterocycles. The Kier molecular flexibility index (Phi) is 3.38. The lowest BCUT2D eigenvalue weighted by Gasteiger charge is -2.22. The molecule has 3 heterocycles. The molecule has 1 fully saturated rings. The quantitative estimate of drug-likeness (QED) is 0.904. The highest BCUT2D eigenvalue weighted by Crippen LogP contribution is 2.39. The van der Waals surface area contributed by atoms with Gasteiger partial charge >= 0.3 is 0 Å². The average Bonchev–Trinajstić information content (AvgIpc) is 3.27. The van der Waals surface area contributed by atoms with Crippen molar-refractivity contribution in [2.24, 2.45) is 5.73 Å². The van der Waals surface area contributed by atoms with E-state index < -0.39 is 5.91 Å². The molecule has 8 nitrogen and oxygen atoms in total. The van der Waals surface area contributed by atoms with Crippen molar-refractivity contribution in [3.63, 3.8) is 0 Å². The van der Waals surface area contributed by atoms with E-state index in [0.29, 0.717) is 12.4 Å². The number of aromatic nitrogens is 2. The lowest BCUT2D eigenvalue weighted by Crippen LogP contribution is -2.23. The van der Waals surface area contributed by atoms with E-state index in [9.17, 15) is 4.79 Å². The van der Waals surface area contributed by atoms with Gasteiger partial charge in [0.25, 0.3) is 11.7 Å². The van der Waals surface area contributed by atoms with Crippen LogP contribution >= 0.6 is 0 Å². The first kappa shape index (κ1) is 14.0. The van der Waals surface area contributed by atoms with Crippen LogP contribution in [0.25, 0.3) is 0 Å². The predicted octanol–water partition coefficient (Wildman–Crippen LogP) is 1.23. The number of hydrogen-bond donors (Lipinski definition) is 1. The molecule has 0 bridgehead atoms. The third-order valence-electron chi connectivity index (χ3n) is 4.16. The van der Waals surface area contributed by atoms with Crippen molar-refractivity contribution >= 4 is 5.91 Å². The summed E-state index contributed by atoms with van der Waals surface area (Å²) in [5.41, 5.74) is 6.23. The van der Waals surface area contributed by atoms with Crippen molar-refractivity contribution in [3.05, 3.63) is 35.5 Å². The average molecular weight is 316 g/mol. The number of hydrogen-bond acceptors (Lipinski definition) is 7. The summed E-state index contributed by atoms with van der Waals surface area (Å²) >= 11 is 0. The van der Waals surface area contributed by atoms with Crippen molar-refractivity contribution in [1.29, 1.82) is 0 Å². The van der Waals surface area contributed by atoms with Crippen LogP contribution in [0.3, 0.4) is 0 Å². The fourth-order valence-corrected chi connectivity index (χ4v) is 3.10. The van der Waals surface area contributed by atoms with E-state index >= 15 is 0 Å². The Morgan fingerprint density at radius 3 is 3.13 bits per heavy atom. The van der Waals surface area contributed by atoms with Crippen LogP contribution in [0.5, 0.6) is 11.5 Å². The molecule has 0 spiro atoms. The summed E-state index contributed by atoms with van der Waals surface area (Å²) in [5, 5.41) is 3.63. The van der Waals surface area contributed by atoms with Gasteiger partial charge in [-0.15, -0.1) is 0 Å². The molecule has 2 aliphatic heterocycles. The number of fused-ring (bicyclic) bond motifs is 1. The van der Waals surface area contributed by atoms with E-state index in [1.807, 2.05) is 18.2 Å². The Morgan fingerprint density at radius 1 is 1.39 bits per heavy atom. The Bertz CT molecular complexity index is 745. The molecule has 2 aromatic rings. The van der Waals surface area contributed by atoms with Gasteiger partial charge in [-0.3, -0.25) is 9.69 Å². The number of nitrogens with two attached hydrogens (primary N) is 1. The van der Waals surface area contributed by atoms with Gasteiger partial charge in [-0.05, 0) is 25.5 Å². The van der Waals surface area contributed by atoms with Crippen LogP contribution in [0.4, 0.5) is 0 Å². The molecule has 1 aromatic carbocycles. The number of benzene rings is 1. The van der Waals surface area contributed by atoms with E-state index in [4.69, 9.17) is 19.7 Å². The SMILES string of the molecule is NC(=O)c1noc([C@H]2CCCN2Cc2cccc3c2OCO3)n1. The normalized spacial score (nSPS) is 20.1. The van der Waals surface area contributed by atoms with Gasteiger partial charge < -0.3 is 19.7 Å². The zero-order valence-electron chi connectivity index (χ0n) is 12.4. The topological polar surface area (TPSA) is 104 Å². The van der Waals surface area contributed by atoms with Gasteiger partial charge in [-0.25, -0.2) is 0 Å². The summed E-state index contributed by atoms with van der Waals surface area (Å²) in [6.45, 7) is 1.84. The number of amides is 1. The fourth-order valence-electron chi connectivity index (χ4n) is 3.10. The van der Waals surface area contributed by atoms with E-state index in [1.54, 1.807) is 0 Å². The summed E-state index contributed by atoms with van der Waals surface area (Å²) in [5.74, 6) is 1.23. The highest BCUT2D eigenvalue weighted by atomic mass is 16.7. The van der Waals surface area contributed by atoms with Gasteiger partial charge in [-0.1, -0.05) is 17.3 Å². The fraction of sp³-hybridized carbons (Fsp3) is 0.400. The first-order chi connectivity index (χ1) is 11.2. The maximum Gasteiger partial charge on any atom is 0.290 e. The third kappa shape index (κ3) is 2.50. The molecule has 2 N–H and O–H groups in total. The smallest absolute Gasteiger partial charge is 0.290 e. The lowest BCUT2D eigenvalue weighted by atomic mass is 10.1. The highest BCUT2D eigenvalue weighted by Gasteiger charge is 2.32. The second kappa shape index (κ2) is 5.54. The zero-order valence-corrected chi connectivity index (χ0v) is 12.4. The van der Waals surface area contributed by atoms with Gasteiger partial charge in [0.15, 0.2) is 11.5 Å². The predicted molar refractivity (Wildman–Crippen MR) is 77.8 cm³/mol. The molecular weight excluding hydrogens is 300 g/mol. The second-order valence-electron chi connectivity index (χ2n) is 5.60. The molecule has 1 aromatic heterocycles. The number of rotatable bonds is 4. The number of nitrogens with zero attached hydrogens (tertiary/aromatic N) is 3. The van der Waals surface area contributed by atoms with Gasteiger partial charge in [0.2, 0.25) is 12.7 Å². The van der Waals surface area contributed by atoms with E-state index in [1.165, 1.54) is 0 Å². The molecular formula is C15H16N4O4. The van der Waals surface area contributed by atoms with Crippen molar-refractivity contribution in [1.82, 2.24) is 15.0 Å². The summed E-state index contributed by atoms with van der Waals surface area (Å²) < 4.78 is 16.2. The van der Waals surface area contributed by atoms with Crippen LogP contribution in [-0.4, -0.2) is 34.3 Å². The van der Waals surface area contributed by atoms with Crippen LogP contribution in [0.2, 0.25) is 0 Å². The summed E-state index contributed by atoms with van der Waals surface area (Å²) in [7, 11) is 0. The molecule has 8 heteroatoms.